The Morgan fingerprint density at radius 2 is 1.94 bits per heavy atom. The maximum absolute atomic E-state index is 12.2. The molecule has 1 aromatic carbocycles. The van der Waals surface area contributed by atoms with Gasteiger partial charge in [0.15, 0.2) is 0 Å². The summed E-state index contributed by atoms with van der Waals surface area (Å²) in [5.74, 6) is 0.696. The van der Waals surface area contributed by atoms with Gasteiger partial charge in [-0.05, 0) is 42.9 Å². The number of hydrogen-bond donors (Lipinski definition) is 1. The van der Waals surface area contributed by atoms with Crippen molar-refractivity contribution in [1.29, 1.82) is 0 Å². The van der Waals surface area contributed by atoms with E-state index in [4.69, 9.17) is 5.73 Å². The maximum Gasteiger partial charge on any atom is 0.261 e. The lowest BCUT2D eigenvalue weighted by molar-refractivity contribution is 0.0627. The van der Waals surface area contributed by atoms with Gasteiger partial charge < -0.3 is 5.73 Å². The topological polar surface area (TPSA) is 63.4 Å². The number of nitrogens with two attached hydrogens (primary N) is 1. The highest BCUT2D eigenvalue weighted by molar-refractivity contribution is 6.21. The van der Waals surface area contributed by atoms with Crippen LogP contribution in [0.25, 0.3) is 0 Å². The van der Waals surface area contributed by atoms with E-state index in [1.807, 2.05) is 0 Å². The SMILES string of the molecule is CC(CN1C(=O)c2ccc(N)cc2C1=O)C1CC1. The largest absolute Gasteiger partial charge is 0.399 e. The van der Waals surface area contributed by atoms with Gasteiger partial charge in [0.2, 0.25) is 0 Å². The highest BCUT2D eigenvalue weighted by Gasteiger charge is 2.38. The van der Waals surface area contributed by atoms with E-state index in [1.165, 1.54) is 17.7 Å². The molecule has 2 amide bonds. The molecule has 4 nitrogen and oxygen atoms in total. The van der Waals surface area contributed by atoms with Gasteiger partial charge in [-0.25, -0.2) is 0 Å². The molecule has 2 aliphatic rings. The summed E-state index contributed by atoms with van der Waals surface area (Å²) in [6.45, 7) is 2.63. The number of hydrogen-bond acceptors (Lipinski definition) is 3. The van der Waals surface area contributed by atoms with Crippen molar-refractivity contribution in [3.05, 3.63) is 29.3 Å². The fourth-order valence-corrected chi connectivity index (χ4v) is 2.58. The van der Waals surface area contributed by atoms with Crippen molar-refractivity contribution in [2.75, 3.05) is 12.3 Å². The normalized spacial score (nSPS) is 20.2. The van der Waals surface area contributed by atoms with Gasteiger partial charge in [0, 0.05) is 12.2 Å². The van der Waals surface area contributed by atoms with Crippen LogP contribution in [0.3, 0.4) is 0 Å². The fourth-order valence-electron chi connectivity index (χ4n) is 2.58. The number of nitrogen functional groups attached to an aromatic ring is 1. The molecule has 1 aliphatic carbocycles. The molecule has 18 heavy (non-hydrogen) atoms. The Morgan fingerprint density at radius 3 is 2.61 bits per heavy atom. The Hall–Kier alpha value is -1.84. The second-order valence-electron chi connectivity index (χ2n) is 5.34. The van der Waals surface area contributed by atoms with Crippen LogP contribution in [-0.2, 0) is 0 Å². The van der Waals surface area contributed by atoms with Crippen molar-refractivity contribution in [2.24, 2.45) is 11.8 Å². The molecule has 1 atom stereocenters. The lowest BCUT2D eigenvalue weighted by Gasteiger charge is -2.18. The van der Waals surface area contributed by atoms with Crippen LogP contribution in [0.4, 0.5) is 5.69 Å². The number of fused-ring (bicyclic) bond motifs is 1. The van der Waals surface area contributed by atoms with Crippen molar-refractivity contribution in [2.45, 2.75) is 19.8 Å². The van der Waals surface area contributed by atoms with Crippen molar-refractivity contribution in [3.8, 4) is 0 Å². The zero-order valence-electron chi connectivity index (χ0n) is 10.3. The third kappa shape index (κ3) is 1.68. The number of carbonyl (C=O) groups is 2. The smallest absolute Gasteiger partial charge is 0.261 e. The first-order valence-corrected chi connectivity index (χ1v) is 6.33. The van der Waals surface area contributed by atoms with E-state index in [0.29, 0.717) is 35.2 Å². The predicted octanol–water partition coefficient (Wildman–Crippen LogP) is 1.91. The summed E-state index contributed by atoms with van der Waals surface area (Å²) in [6.07, 6.45) is 2.44. The Kier molecular flexibility index (Phi) is 2.40. The van der Waals surface area contributed by atoms with E-state index in [0.717, 1.165) is 0 Å². The number of carbonyl (C=O) groups excluding carboxylic acids is 2. The lowest BCUT2D eigenvalue weighted by Crippen LogP contribution is -2.34. The second-order valence-corrected chi connectivity index (χ2v) is 5.34. The third-order valence-electron chi connectivity index (χ3n) is 3.89. The lowest BCUT2D eigenvalue weighted by atomic mass is 10.1. The molecule has 0 spiro atoms. The number of benzene rings is 1. The van der Waals surface area contributed by atoms with E-state index >= 15 is 0 Å². The quantitative estimate of drug-likeness (QED) is 0.652. The Bertz CT molecular complexity index is 535. The van der Waals surface area contributed by atoms with Crippen LogP contribution >= 0.6 is 0 Å². The molecule has 1 aliphatic heterocycles. The van der Waals surface area contributed by atoms with E-state index in [-0.39, 0.29) is 11.8 Å². The molecule has 3 rings (SSSR count). The molecule has 0 radical (unpaired) electrons. The number of rotatable bonds is 3. The average Bonchev–Trinajstić information content (AvgIpc) is 3.15. The number of anilines is 1. The summed E-state index contributed by atoms with van der Waals surface area (Å²) in [5.41, 5.74) is 7.11. The molecule has 1 fully saturated rings. The average molecular weight is 244 g/mol. The summed E-state index contributed by atoms with van der Waals surface area (Å²) >= 11 is 0. The molecule has 94 valence electrons. The molecule has 4 heteroatoms. The zero-order valence-corrected chi connectivity index (χ0v) is 10.3. The molecule has 2 N–H and O–H groups in total. The second kappa shape index (κ2) is 3.83. The van der Waals surface area contributed by atoms with Crippen LogP contribution in [0.2, 0.25) is 0 Å². The predicted molar refractivity (Wildman–Crippen MR) is 68.1 cm³/mol. The number of amides is 2. The summed E-state index contributed by atoms with van der Waals surface area (Å²) in [6, 6.07) is 4.90. The molecular formula is C14H16N2O2. The Morgan fingerprint density at radius 1 is 1.28 bits per heavy atom. The van der Waals surface area contributed by atoms with Gasteiger partial charge in [0.1, 0.15) is 0 Å². The van der Waals surface area contributed by atoms with Gasteiger partial charge in [-0.15, -0.1) is 0 Å². The zero-order chi connectivity index (χ0) is 12.9. The van der Waals surface area contributed by atoms with Crippen LogP contribution in [0.1, 0.15) is 40.5 Å². The minimum absolute atomic E-state index is 0.178. The number of imide groups is 1. The third-order valence-corrected chi connectivity index (χ3v) is 3.89. The first-order valence-electron chi connectivity index (χ1n) is 6.33. The minimum Gasteiger partial charge on any atom is -0.399 e. The van der Waals surface area contributed by atoms with Gasteiger partial charge in [-0.1, -0.05) is 6.92 Å². The van der Waals surface area contributed by atoms with E-state index < -0.39 is 0 Å². The first kappa shape index (κ1) is 11.3. The van der Waals surface area contributed by atoms with Crippen LogP contribution in [0, 0.1) is 11.8 Å². The van der Waals surface area contributed by atoms with Gasteiger partial charge in [0.05, 0.1) is 11.1 Å². The first-order chi connectivity index (χ1) is 8.58. The highest BCUT2D eigenvalue weighted by atomic mass is 16.2. The van der Waals surface area contributed by atoms with Crippen LogP contribution in [0.5, 0.6) is 0 Å². The molecule has 0 bridgehead atoms. The van der Waals surface area contributed by atoms with E-state index in [2.05, 4.69) is 6.92 Å². The molecule has 0 saturated heterocycles. The molecule has 1 unspecified atom stereocenters. The fraction of sp³-hybridized carbons (Fsp3) is 0.429. The molecule has 0 aromatic heterocycles. The van der Waals surface area contributed by atoms with Crippen molar-refractivity contribution in [3.63, 3.8) is 0 Å². The van der Waals surface area contributed by atoms with E-state index in [1.54, 1.807) is 18.2 Å². The summed E-state index contributed by atoms with van der Waals surface area (Å²) in [7, 11) is 0. The van der Waals surface area contributed by atoms with Gasteiger partial charge >= 0.3 is 0 Å². The van der Waals surface area contributed by atoms with E-state index in [9.17, 15) is 9.59 Å². The molecule has 1 aromatic rings. The van der Waals surface area contributed by atoms with Crippen LogP contribution in [-0.4, -0.2) is 23.3 Å². The van der Waals surface area contributed by atoms with Crippen molar-refractivity contribution < 1.29 is 9.59 Å². The monoisotopic (exact) mass is 244 g/mol. The van der Waals surface area contributed by atoms with Gasteiger partial charge in [-0.2, -0.15) is 0 Å². The molecular weight excluding hydrogens is 228 g/mol. The highest BCUT2D eigenvalue weighted by Crippen LogP contribution is 2.38. The summed E-state index contributed by atoms with van der Waals surface area (Å²) in [4.78, 5) is 25.7. The van der Waals surface area contributed by atoms with Crippen LogP contribution < -0.4 is 5.73 Å². The maximum atomic E-state index is 12.2. The summed E-state index contributed by atoms with van der Waals surface area (Å²) < 4.78 is 0. The van der Waals surface area contributed by atoms with Crippen molar-refractivity contribution >= 4 is 17.5 Å². The van der Waals surface area contributed by atoms with Gasteiger partial charge in [-0.3, -0.25) is 14.5 Å². The van der Waals surface area contributed by atoms with Gasteiger partial charge in [0.25, 0.3) is 11.8 Å². The Balaban J connectivity index is 1.86. The Labute approximate surface area is 106 Å². The molecule has 1 saturated carbocycles. The van der Waals surface area contributed by atoms with Crippen molar-refractivity contribution in [1.82, 2.24) is 4.90 Å². The number of nitrogens with zero attached hydrogens (tertiary/aromatic N) is 1. The molecule has 1 heterocycles. The minimum atomic E-state index is -0.199. The standard InChI is InChI=1S/C14H16N2O2/c1-8(9-2-3-9)7-16-13(17)11-5-4-10(15)6-12(11)14(16)18/h4-6,8-9H,2-3,7,15H2,1H3. The summed E-state index contributed by atoms with van der Waals surface area (Å²) in [5, 5.41) is 0. The van der Waals surface area contributed by atoms with Crippen LogP contribution in [0.15, 0.2) is 18.2 Å².